The normalized spacial score (nSPS) is 17.7. The average Bonchev–Trinajstić information content (AvgIpc) is 3.12. The Hall–Kier alpha value is -3.61. The maximum Gasteiger partial charge on any atom is 0.317 e. The van der Waals surface area contributed by atoms with Crippen LogP contribution in [0.3, 0.4) is 0 Å². The molecule has 0 bridgehead atoms. The van der Waals surface area contributed by atoms with E-state index in [1.165, 1.54) is 0 Å². The second-order valence-electron chi connectivity index (χ2n) is 7.10. The largest absolute Gasteiger partial charge is 0.489 e. The number of benzene rings is 2. The predicted molar refractivity (Wildman–Crippen MR) is 113 cm³/mol. The van der Waals surface area contributed by atoms with Gasteiger partial charge in [-0.3, -0.25) is 4.79 Å². The zero-order chi connectivity index (χ0) is 21.1. The van der Waals surface area contributed by atoms with Crippen LogP contribution in [0, 0.1) is 12.8 Å². The third-order valence-corrected chi connectivity index (χ3v) is 4.97. The number of anilines is 1. The lowest BCUT2D eigenvalue weighted by atomic mass is 9.89. The molecule has 0 aliphatic carbocycles. The molecule has 30 heavy (non-hydrogen) atoms. The lowest BCUT2D eigenvalue weighted by molar-refractivity contribution is -0.147. The van der Waals surface area contributed by atoms with Gasteiger partial charge in [-0.1, -0.05) is 49.0 Å². The minimum Gasteiger partial charge on any atom is -0.489 e. The van der Waals surface area contributed by atoms with Crippen LogP contribution < -0.4 is 10.1 Å². The van der Waals surface area contributed by atoms with E-state index in [9.17, 15) is 4.79 Å². The van der Waals surface area contributed by atoms with Gasteiger partial charge in [0.15, 0.2) is 0 Å². The summed E-state index contributed by atoms with van der Waals surface area (Å²) in [5.41, 5.74) is 2.54. The summed E-state index contributed by atoms with van der Waals surface area (Å²) < 4.78 is 12.9. The highest BCUT2D eigenvalue weighted by atomic mass is 16.5. The first-order valence-electron chi connectivity index (χ1n) is 9.89. The fourth-order valence-electron chi connectivity index (χ4n) is 3.60. The molecule has 7 nitrogen and oxygen atoms in total. The molecule has 154 valence electrons. The van der Waals surface area contributed by atoms with Gasteiger partial charge < -0.3 is 14.8 Å². The minimum atomic E-state index is -0.616. The quantitative estimate of drug-likeness (QED) is 0.629. The molecular formula is C23H24N4O3. The summed E-state index contributed by atoms with van der Waals surface area (Å²) in [6.45, 7) is 8.43. The molecule has 0 amide bonds. The van der Waals surface area contributed by atoms with Crippen LogP contribution in [-0.2, 0) is 16.1 Å². The Morgan fingerprint density at radius 3 is 2.60 bits per heavy atom. The molecule has 2 aromatic carbocycles. The van der Waals surface area contributed by atoms with E-state index in [2.05, 4.69) is 22.0 Å². The minimum absolute atomic E-state index is 0.296. The van der Waals surface area contributed by atoms with E-state index in [0.29, 0.717) is 30.7 Å². The van der Waals surface area contributed by atoms with Crippen LogP contribution in [0.4, 0.5) is 5.95 Å². The summed E-state index contributed by atoms with van der Waals surface area (Å²) in [5, 5.41) is 7.59. The molecule has 1 aliphatic rings. The highest BCUT2D eigenvalue weighted by Gasteiger charge is 2.40. The Kier molecular flexibility index (Phi) is 5.52. The molecule has 0 fully saturated rings. The van der Waals surface area contributed by atoms with Gasteiger partial charge in [0.25, 0.3) is 0 Å². The van der Waals surface area contributed by atoms with Crippen molar-refractivity contribution in [2.75, 3.05) is 11.9 Å². The van der Waals surface area contributed by atoms with E-state index in [4.69, 9.17) is 9.47 Å². The maximum absolute atomic E-state index is 12.7. The van der Waals surface area contributed by atoms with Gasteiger partial charge in [-0.15, -0.1) is 0 Å². The fraction of sp³-hybridized carbons (Fsp3) is 0.261. The van der Waals surface area contributed by atoms with Gasteiger partial charge in [0.05, 0.1) is 12.6 Å². The molecule has 1 N–H and O–H groups in total. The molecular weight excluding hydrogens is 380 g/mol. The summed E-state index contributed by atoms with van der Waals surface area (Å²) in [4.78, 5) is 17.1. The molecule has 4 rings (SSSR count). The Balaban J connectivity index is 1.62. The van der Waals surface area contributed by atoms with Crippen molar-refractivity contribution in [3.8, 4) is 5.75 Å². The fourth-order valence-corrected chi connectivity index (χ4v) is 3.60. The molecule has 2 atom stereocenters. The molecule has 0 saturated heterocycles. The van der Waals surface area contributed by atoms with E-state index >= 15 is 0 Å². The summed E-state index contributed by atoms with van der Waals surface area (Å²) in [6, 6.07) is 17.3. The number of nitrogens with one attached hydrogen (secondary N) is 1. The lowest BCUT2D eigenvalue weighted by Crippen LogP contribution is -2.37. The zero-order valence-electron chi connectivity index (χ0n) is 17.0. The second kappa shape index (κ2) is 8.41. The number of carbonyl (C=O) groups excluding carboxylic acids is 1. The Bertz CT molecular complexity index is 1040. The van der Waals surface area contributed by atoms with Gasteiger partial charge >= 0.3 is 5.97 Å². The van der Waals surface area contributed by atoms with Gasteiger partial charge in [-0.05, 0) is 37.1 Å². The Morgan fingerprint density at radius 2 is 1.90 bits per heavy atom. The standard InChI is InChI=1S/C23H24N4O3/c1-4-29-22(28)20-15(2)24-23-25-16(3)26-27(23)21(20)18-10-12-19(13-11-18)30-14-17-8-6-5-7-9-17/h5-13,20-21H,2,4,14H2,1,3H3,(H,24,25,26)/t20-,21+/m1/s1. The molecule has 7 heteroatoms. The number of ether oxygens (including phenoxy) is 2. The predicted octanol–water partition coefficient (Wildman–Crippen LogP) is 3.87. The van der Waals surface area contributed by atoms with Gasteiger partial charge in [0.2, 0.25) is 5.95 Å². The van der Waals surface area contributed by atoms with Crippen molar-refractivity contribution in [2.45, 2.75) is 26.5 Å². The zero-order valence-corrected chi connectivity index (χ0v) is 17.0. The third-order valence-electron chi connectivity index (χ3n) is 4.97. The van der Waals surface area contributed by atoms with E-state index in [1.807, 2.05) is 61.5 Å². The second-order valence-corrected chi connectivity index (χ2v) is 7.10. The lowest BCUT2D eigenvalue weighted by Gasteiger charge is -2.33. The highest BCUT2D eigenvalue weighted by molar-refractivity contribution is 5.79. The molecule has 0 radical (unpaired) electrons. The number of nitrogens with zero attached hydrogens (tertiary/aromatic N) is 3. The molecule has 3 aromatic rings. The van der Waals surface area contributed by atoms with E-state index in [1.54, 1.807) is 11.6 Å². The van der Waals surface area contributed by atoms with Crippen molar-refractivity contribution >= 4 is 11.9 Å². The SMILES string of the molecule is C=C1Nc2nc(C)nn2[C@@H](c2ccc(OCc3ccccc3)cc2)[C@@H]1C(=O)OCC. The maximum atomic E-state index is 12.7. The van der Waals surface area contributed by atoms with Crippen LogP contribution in [0.15, 0.2) is 66.9 Å². The third kappa shape index (κ3) is 3.91. The number of fused-ring (bicyclic) bond motifs is 1. The first kappa shape index (κ1) is 19.7. The summed E-state index contributed by atoms with van der Waals surface area (Å²) in [7, 11) is 0. The van der Waals surface area contributed by atoms with E-state index < -0.39 is 12.0 Å². The highest BCUT2D eigenvalue weighted by Crippen LogP contribution is 2.38. The van der Waals surface area contributed by atoms with E-state index in [-0.39, 0.29) is 5.97 Å². The van der Waals surface area contributed by atoms with Gasteiger partial charge in [-0.25, -0.2) is 4.68 Å². The van der Waals surface area contributed by atoms with Crippen LogP contribution in [-0.4, -0.2) is 27.3 Å². The van der Waals surface area contributed by atoms with E-state index in [0.717, 1.165) is 16.9 Å². The van der Waals surface area contributed by atoms with Crippen LogP contribution in [0.2, 0.25) is 0 Å². The van der Waals surface area contributed by atoms with Crippen molar-refractivity contribution in [2.24, 2.45) is 5.92 Å². The molecule has 0 spiro atoms. The number of esters is 1. The number of aryl methyl sites for hydroxylation is 1. The Labute approximate surface area is 175 Å². The average molecular weight is 404 g/mol. The molecule has 0 unspecified atom stereocenters. The molecule has 0 saturated carbocycles. The van der Waals surface area contributed by atoms with Crippen molar-refractivity contribution in [3.05, 3.63) is 83.8 Å². The summed E-state index contributed by atoms with van der Waals surface area (Å²) in [5.74, 6) is 0.964. The van der Waals surface area contributed by atoms with Gasteiger partial charge in [0, 0.05) is 5.70 Å². The van der Waals surface area contributed by atoms with Crippen molar-refractivity contribution < 1.29 is 14.3 Å². The van der Waals surface area contributed by atoms with Crippen LogP contribution in [0.25, 0.3) is 0 Å². The van der Waals surface area contributed by atoms with Gasteiger partial charge in [-0.2, -0.15) is 10.1 Å². The molecule has 1 aromatic heterocycles. The van der Waals surface area contributed by atoms with Crippen LogP contribution in [0.5, 0.6) is 5.75 Å². The molecule has 1 aliphatic heterocycles. The smallest absolute Gasteiger partial charge is 0.317 e. The molecule has 2 heterocycles. The van der Waals surface area contributed by atoms with Crippen molar-refractivity contribution in [1.82, 2.24) is 14.8 Å². The van der Waals surface area contributed by atoms with Crippen LogP contribution >= 0.6 is 0 Å². The van der Waals surface area contributed by atoms with Crippen molar-refractivity contribution in [3.63, 3.8) is 0 Å². The Morgan fingerprint density at radius 1 is 1.17 bits per heavy atom. The topological polar surface area (TPSA) is 78.3 Å². The first-order valence-corrected chi connectivity index (χ1v) is 9.89. The summed E-state index contributed by atoms with van der Waals surface area (Å²) >= 11 is 0. The number of aromatic nitrogens is 3. The van der Waals surface area contributed by atoms with Crippen LogP contribution in [0.1, 0.15) is 29.9 Å². The number of hydrogen-bond acceptors (Lipinski definition) is 6. The van der Waals surface area contributed by atoms with Crippen molar-refractivity contribution in [1.29, 1.82) is 0 Å². The number of rotatable bonds is 6. The number of carbonyl (C=O) groups is 1. The number of hydrogen-bond donors (Lipinski definition) is 1. The first-order chi connectivity index (χ1) is 14.6. The summed E-state index contributed by atoms with van der Waals surface area (Å²) in [6.07, 6.45) is 0. The monoisotopic (exact) mass is 404 g/mol. The van der Waals surface area contributed by atoms with Gasteiger partial charge in [0.1, 0.15) is 24.1 Å².